The maximum absolute atomic E-state index is 10.3. The van der Waals surface area contributed by atoms with Crippen LogP contribution in [0.4, 0.5) is 0 Å². The fourth-order valence-corrected chi connectivity index (χ4v) is 0.926. The highest BCUT2D eigenvalue weighted by Gasteiger charge is 2.35. The molecule has 1 saturated carbocycles. The Kier molecular flexibility index (Phi) is 1.55. The van der Waals surface area contributed by atoms with E-state index in [1.807, 2.05) is 6.08 Å². The third-order valence-corrected chi connectivity index (χ3v) is 1.94. The van der Waals surface area contributed by atoms with Crippen molar-refractivity contribution in [3.05, 3.63) is 11.6 Å². The molecule has 0 bridgehead atoms. The SMILES string of the molecule is CC(=CC1(C)CC1)C(=O)O. The van der Waals surface area contributed by atoms with E-state index in [0.29, 0.717) is 5.57 Å². The van der Waals surface area contributed by atoms with Gasteiger partial charge in [-0.1, -0.05) is 13.0 Å². The van der Waals surface area contributed by atoms with Gasteiger partial charge in [-0.05, 0) is 25.2 Å². The van der Waals surface area contributed by atoms with Gasteiger partial charge in [0.05, 0.1) is 0 Å². The van der Waals surface area contributed by atoms with Gasteiger partial charge in [0.15, 0.2) is 0 Å². The molecule has 2 nitrogen and oxygen atoms in total. The Morgan fingerprint density at radius 2 is 2.10 bits per heavy atom. The van der Waals surface area contributed by atoms with Crippen LogP contribution in [-0.2, 0) is 4.79 Å². The monoisotopic (exact) mass is 140 g/mol. The van der Waals surface area contributed by atoms with Crippen LogP contribution >= 0.6 is 0 Å². The molecule has 10 heavy (non-hydrogen) atoms. The van der Waals surface area contributed by atoms with E-state index in [2.05, 4.69) is 6.92 Å². The third-order valence-electron chi connectivity index (χ3n) is 1.94. The van der Waals surface area contributed by atoms with Crippen LogP contribution in [0.1, 0.15) is 26.7 Å². The second-order valence-electron chi connectivity index (χ2n) is 3.29. The fourth-order valence-electron chi connectivity index (χ4n) is 0.926. The Hall–Kier alpha value is -0.790. The lowest BCUT2D eigenvalue weighted by Gasteiger charge is -1.99. The van der Waals surface area contributed by atoms with Crippen LogP contribution in [0.15, 0.2) is 11.6 Å². The molecule has 0 atom stereocenters. The molecule has 0 amide bonds. The molecule has 2 heteroatoms. The third kappa shape index (κ3) is 1.59. The Bertz CT molecular complexity index is 187. The minimum Gasteiger partial charge on any atom is -0.478 e. The first-order chi connectivity index (χ1) is 4.53. The predicted octanol–water partition coefficient (Wildman–Crippen LogP) is 1.82. The molecule has 0 saturated heterocycles. The van der Waals surface area contributed by atoms with Gasteiger partial charge in [0.25, 0.3) is 0 Å². The molecule has 1 fully saturated rings. The molecule has 0 spiro atoms. The summed E-state index contributed by atoms with van der Waals surface area (Å²) >= 11 is 0. The highest BCUT2D eigenvalue weighted by atomic mass is 16.4. The van der Waals surface area contributed by atoms with E-state index in [-0.39, 0.29) is 5.41 Å². The molecular weight excluding hydrogens is 128 g/mol. The van der Waals surface area contributed by atoms with Crippen molar-refractivity contribution in [3.8, 4) is 0 Å². The molecule has 1 N–H and O–H groups in total. The highest BCUT2D eigenvalue weighted by molar-refractivity contribution is 5.86. The Morgan fingerprint density at radius 1 is 1.60 bits per heavy atom. The van der Waals surface area contributed by atoms with Gasteiger partial charge in [-0.3, -0.25) is 0 Å². The van der Waals surface area contributed by atoms with Gasteiger partial charge in [0.1, 0.15) is 0 Å². The van der Waals surface area contributed by atoms with Crippen molar-refractivity contribution < 1.29 is 9.90 Å². The van der Waals surface area contributed by atoms with E-state index < -0.39 is 5.97 Å². The van der Waals surface area contributed by atoms with Crippen molar-refractivity contribution >= 4 is 5.97 Å². The number of rotatable bonds is 2. The molecule has 0 aliphatic heterocycles. The zero-order chi connectivity index (χ0) is 7.78. The summed E-state index contributed by atoms with van der Waals surface area (Å²) in [7, 11) is 0. The summed E-state index contributed by atoms with van der Waals surface area (Å²) in [6.45, 7) is 3.73. The normalized spacial score (nSPS) is 22.4. The van der Waals surface area contributed by atoms with E-state index in [1.165, 1.54) is 0 Å². The number of allylic oxidation sites excluding steroid dienone is 1. The molecule has 0 heterocycles. The molecule has 0 unspecified atom stereocenters. The van der Waals surface area contributed by atoms with Gasteiger partial charge in [0, 0.05) is 5.57 Å². The topological polar surface area (TPSA) is 37.3 Å². The first kappa shape index (κ1) is 7.32. The first-order valence-corrected chi connectivity index (χ1v) is 3.46. The molecule has 0 aromatic heterocycles. The predicted molar refractivity (Wildman–Crippen MR) is 38.7 cm³/mol. The molecule has 1 aliphatic rings. The molecule has 1 aliphatic carbocycles. The van der Waals surface area contributed by atoms with Gasteiger partial charge < -0.3 is 5.11 Å². The average Bonchev–Trinajstić information content (AvgIpc) is 2.47. The maximum Gasteiger partial charge on any atom is 0.330 e. The zero-order valence-corrected chi connectivity index (χ0v) is 6.35. The minimum absolute atomic E-state index is 0.211. The Balaban J connectivity index is 2.62. The number of hydrogen-bond acceptors (Lipinski definition) is 1. The first-order valence-electron chi connectivity index (χ1n) is 3.46. The summed E-state index contributed by atoms with van der Waals surface area (Å²) in [6, 6.07) is 0. The van der Waals surface area contributed by atoms with E-state index in [4.69, 9.17) is 5.11 Å². The van der Waals surface area contributed by atoms with E-state index in [9.17, 15) is 4.79 Å². The summed E-state index contributed by atoms with van der Waals surface area (Å²) in [5.74, 6) is -0.798. The van der Waals surface area contributed by atoms with E-state index in [1.54, 1.807) is 6.92 Å². The summed E-state index contributed by atoms with van der Waals surface area (Å²) in [5.41, 5.74) is 0.683. The van der Waals surface area contributed by atoms with Gasteiger partial charge in [-0.2, -0.15) is 0 Å². The number of hydrogen-bond donors (Lipinski definition) is 1. The van der Waals surface area contributed by atoms with Crippen molar-refractivity contribution in [2.24, 2.45) is 5.41 Å². The molecular formula is C8H12O2. The van der Waals surface area contributed by atoms with Crippen LogP contribution in [0.2, 0.25) is 0 Å². The lowest BCUT2D eigenvalue weighted by atomic mass is 10.1. The molecule has 56 valence electrons. The second kappa shape index (κ2) is 2.11. The van der Waals surface area contributed by atoms with Crippen molar-refractivity contribution in [1.82, 2.24) is 0 Å². The Labute approximate surface area is 60.6 Å². The zero-order valence-electron chi connectivity index (χ0n) is 6.35. The van der Waals surface area contributed by atoms with Crippen molar-refractivity contribution in [1.29, 1.82) is 0 Å². The summed E-state index contributed by atoms with van der Waals surface area (Å²) < 4.78 is 0. The lowest BCUT2D eigenvalue weighted by Crippen LogP contribution is -1.99. The quantitative estimate of drug-likeness (QED) is 0.594. The van der Waals surface area contributed by atoms with Crippen LogP contribution in [0.3, 0.4) is 0 Å². The number of carboxylic acids is 1. The van der Waals surface area contributed by atoms with Crippen molar-refractivity contribution in [2.75, 3.05) is 0 Å². The number of carbonyl (C=O) groups is 1. The maximum atomic E-state index is 10.3. The van der Waals surface area contributed by atoms with Crippen molar-refractivity contribution in [3.63, 3.8) is 0 Å². The van der Waals surface area contributed by atoms with Crippen LogP contribution in [-0.4, -0.2) is 11.1 Å². The van der Waals surface area contributed by atoms with Gasteiger partial charge in [-0.15, -0.1) is 0 Å². The standard InChI is InChI=1S/C8H12O2/c1-6(7(9)10)5-8(2)3-4-8/h5H,3-4H2,1-2H3,(H,9,10). The minimum atomic E-state index is -0.798. The van der Waals surface area contributed by atoms with E-state index in [0.717, 1.165) is 12.8 Å². The van der Waals surface area contributed by atoms with Crippen LogP contribution in [0, 0.1) is 5.41 Å². The molecule has 0 aromatic carbocycles. The van der Waals surface area contributed by atoms with Gasteiger partial charge in [0.2, 0.25) is 0 Å². The van der Waals surface area contributed by atoms with Gasteiger partial charge in [-0.25, -0.2) is 4.79 Å². The molecule has 0 aromatic rings. The summed E-state index contributed by atoms with van der Waals surface area (Å²) in [5, 5.41) is 8.50. The van der Waals surface area contributed by atoms with Crippen LogP contribution in [0.25, 0.3) is 0 Å². The molecule has 0 radical (unpaired) electrons. The number of aliphatic carboxylic acids is 1. The smallest absolute Gasteiger partial charge is 0.330 e. The van der Waals surface area contributed by atoms with Crippen LogP contribution in [0.5, 0.6) is 0 Å². The highest BCUT2D eigenvalue weighted by Crippen LogP contribution is 2.46. The van der Waals surface area contributed by atoms with Crippen molar-refractivity contribution in [2.45, 2.75) is 26.7 Å². The lowest BCUT2D eigenvalue weighted by molar-refractivity contribution is -0.132. The second-order valence-corrected chi connectivity index (χ2v) is 3.29. The summed E-state index contributed by atoms with van der Waals surface area (Å²) in [6.07, 6.45) is 4.13. The van der Waals surface area contributed by atoms with Gasteiger partial charge >= 0.3 is 5.97 Å². The average molecular weight is 140 g/mol. The number of carboxylic acid groups (broad SMARTS) is 1. The van der Waals surface area contributed by atoms with E-state index >= 15 is 0 Å². The Morgan fingerprint density at radius 3 is 2.40 bits per heavy atom. The van der Waals surface area contributed by atoms with Crippen LogP contribution < -0.4 is 0 Å². The fraction of sp³-hybridized carbons (Fsp3) is 0.625. The summed E-state index contributed by atoms with van der Waals surface area (Å²) in [4.78, 5) is 10.3. The largest absolute Gasteiger partial charge is 0.478 e. The molecule has 1 rings (SSSR count).